The number of imidazole rings is 1. The monoisotopic (exact) mass is 294 g/mol. The Bertz CT molecular complexity index is 902. The minimum absolute atomic E-state index is 0.116. The second kappa shape index (κ2) is 5.60. The van der Waals surface area contributed by atoms with Gasteiger partial charge in [0.05, 0.1) is 0 Å². The summed E-state index contributed by atoms with van der Waals surface area (Å²) in [5, 5.41) is 0. The standard InChI is InChI=1S/C17H18N4O/c1-12(2)18-15-6-4-5-8-21(15)17(22)14-11-20-9-7-13(3)10-16(20)19-14/h4-12H,1-3H3. The minimum Gasteiger partial charge on any atom is -0.306 e. The van der Waals surface area contributed by atoms with E-state index in [-0.39, 0.29) is 11.9 Å². The summed E-state index contributed by atoms with van der Waals surface area (Å²) in [6, 6.07) is 9.57. The smallest absolute Gasteiger partial charge is 0.283 e. The third-order valence-electron chi connectivity index (χ3n) is 3.28. The highest BCUT2D eigenvalue weighted by Crippen LogP contribution is 2.08. The SMILES string of the molecule is Cc1ccn2cc(C(=O)n3ccccc3=NC(C)C)nc2c1. The molecule has 0 aliphatic rings. The average Bonchev–Trinajstić information content (AvgIpc) is 2.89. The quantitative estimate of drug-likeness (QED) is 0.729. The highest BCUT2D eigenvalue weighted by molar-refractivity contribution is 5.94. The predicted molar refractivity (Wildman–Crippen MR) is 84.8 cm³/mol. The molecule has 112 valence electrons. The van der Waals surface area contributed by atoms with Crippen molar-refractivity contribution in [3.8, 4) is 0 Å². The number of fused-ring (bicyclic) bond motifs is 1. The molecule has 0 spiro atoms. The maximum Gasteiger partial charge on any atom is 0.283 e. The Kier molecular flexibility index (Phi) is 3.63. The first-order valence-electron chi connectivity index (χ1n) is 7.26. The lowest BCUT2D eigenvalue weighted by atomic mass is 10.3. The van der Waals surface area contributed by atoms with E-state index in [0.29, 0.717) is 11.2 Å². The second-order valence-electron chi connectivity index (χ2n) is 5.55. The predicted octanol–water partition coefficient (Wildman–Crippen LogP) is 2.44. The molecule has 0 amide bonds. The largest absolute Gasteiger partial charge is 0.306 e. The van der Waals surface area contributed by atoms with Crippen LogP contribution in [0.2, 0.25) is 0 Å². The Morgan fingerprint density at radius 3 is 2.82 bits per heavy atom. The molecule has 5 nitrogen and oxygen atoms in total. The molecule has 0 atom stereocenters. The number of nitrogens with zero attached hydrogens (tertiary/aromatic N) is 4. The van der Waals surface area contributed by atoms with Gasteiger partial charge in [-0.3, -0.25) is 14.4 Å². The summed E-state index contributed by atoms with van der Waals surface area (Å²) in [6.45, 7) is 5.97. The number of carbonyl (C=O) groups is 1. The van der Waals surface area contributed by atoms with Crippen LogP contribution in [0.25, 0.3) is 5.65 Å². The van der Waals surface area contributed by atoms with Crippen LogP contribution in [-0.2, 0) is 0 Å². The van der Waals surface area contributed by atoms with Crippen LogP contribution in [0.15, 0.2) is 53.9 Å². The number of carbonyl (C=O) groups excluding carboxylic acids is 1. The molecule has 0 bridgehead atoms. The Hall–Kier alpha value is -2.69. The van der Waals surface area contributed by atoms with E-state index in [2.05, 4.69) is 9.98 Å². The zero-order valence-corrected chi connectivity index (χ0v) is 12.9. The van der Waals surface area contributed by atoms with Gasteiger partial charge in [0.1, 0.15) is 16.8 Å². The maximum absolute atomic E-state index is 12.7. The van der Waals surface area contributed by atoms with Gasteiger partial charge >= 0.3 is 0 Å². The fourth-order valence-electron chi connectivity index (χ4n) is 2.29. The van der Waals surface area contributed by atoms with E-state index in [0.717, 1.165) is 11.2 Å². The van der Waals surface area contributed by atoms with Gasteiger partial charge in [-0.25, -0.2) is 4.98 Å². The summed E-state index contributed by atoms with van der Waals surface area (Å²) < 4.78 is 3.39. The molecule has 0 N–H and O–H groups in total. The second-order valence-corrected chi connectivity index (χ2v) is 5.55. The fourth-order valence-corrected chi connectivity index (χ4v) is 2.29. The Labute approximate surface area is 128 Å². The third kappa shape index (κ3) is 2.70. The zero-order chi connectivity index (χ0) is 15.7. The molecule has 0 fully saturated rings. The van der Waals surface area contributed by atoms with E-state index in [9.17, 15) is 4.79 Å². The lowest BCUT2D eigenvalue weighted by Crippen LogP contribution is -2.28. The molecule has 0 unspecified atom stereocenters. The van der Waals surface area contributed by atoms with Gasteiger partial charge in [-0.1, -0.05) is 6.07 Å². The van der Waals surface area contributed by atoms with Gasteiger partial charge in [0.2, 0.25) is 0 Å². The molecule has 3 aromatic rings. The van der Waals surface area contributed by atoms with Crippen molar-refractivity contribution in [2.45, 2.75) is 26.8 Å². The van der Waals surface area contributed by atoms with Crippen molar-refractivity contribution in [2.24, 2.45) is 4.99 Å². The number of aromatic nitrogens is 3. The van der Waals surface area contributed by atoms with Crippen LogP contribution in [0.1, 0.15) is 29.9 Å². The van der Waals surface area contributed by atoms with Crippen molar-refractivity contribution in [1.29, 1.82) is 0 Å². The number of hydrogen-bond acceptors (Lipinski definition) is 3. The van der Waals surface area contributed by atoms with Gasteiger partial charge in [0, 0.05) is 24.6 Å². The molecule has 0 saturated carbocycles. The highest BCUT2D eigenvalue weighted by Gasteiger charge is 2.13. The molecule has 3 rings (SSSR count). The summed E-state index contributed by atoms with van der Waals surface area (Å²) in [7, 11) is 0. The number of aryl methyl sites for hydroxylation is 1. The van der Waals surface area contributed by atoms with Crippen LogP contribution in [0.5, 0.6) is 0 Å². The highest BCUT2D eigenvalue weighted by atomic mass is 16.2. The van der Waals surface area contributed by atoms with E-state index in [1.165, 1.54) is 4.57 Å². The third-order valence-corrected chi connectivity index (χ3v) is 3.28. The molecule has 0 saturated heterocycles. The minimum atomic E-state index is -0.179. The van der Waals surface area contributed by atoms with Crippen molar-refractivity contribution >= 4 is 11.6 Å². The average molecular weight is 294 g/mol. The van der Waals surface area contributed by atoms with E-state index in [1.807, 2.05) is 61.7 Å². The molecule has 0 radical (unpaired) electrons. The van der Waals surface area contributed by atoms with E-state index >= 15 is 0 Å². The van der Waals surface area contributed by atoms with E-state index in [4.69, 9.17) is 0 Å². The maximum atomic E-state index is 12.7. The Morgan fingerprint density at radius 2 is 2.05 bits per heavy atom. The molecule has 0 aromatic carbocycles. The summed E-state index contributed by atoms with van der Waals surface area (Å²) in [5.41, 5.74) is 2.92. The number of pyridine rings is 2. The van der Waals surface area contributed by atoms with Crippen molar-refractivity contribution < 1.29 is 4.79 Å². The van der Waals surface area contributed by atoms with Crippen molar-refractivity contribution in [1.82, 2.24) is 14.0 Å². The summed E-state index contributed by atoms with van der Waals surface area (Å²) in [5.74, 6) is -0.179. The first-order chi connectivity index (χ1) is 10.5. The Balaban J connectivity index is 2.10. The van der Waals surface area contributed by atoms with Gasteiger partial charge in [-0.05, 0) is 50.6 Å². The summed E-state index contributed by atoms with van der Waals surface area (Å²) in [4.78, 5) is 21.6. The van der Waals surface area contributed by atoms with Crippen LogP contribution >= 0.6 is 0 Å². The summed E-state index contributed by atoms with van der Waals surface area (Å²) >= 11 is 0. The first kappa shape index (κ1) is 14.3. The molecule has 22 heavy (non-hydrogen) atoms. The van der Waals surface area contributed by atoms with Crippen LogP contribution in [0.4, 0.5) is 0 Å². The van der Waals surface area contributed by atoms with E-state index in [1.54, 1.807) is 12.4 Å². The normalized spacial score (nSPS) is 12.3. The summed E-state index contributed by atoms with van der Waals surface area (Å²) in [6.07, 6.45) is 5.37. The van der Waals surface area contributed by atoms with Crippen molar-refractivity contribution in [2.75, 3.05) is 0 Å². The molecule has 3 aromatic heterocycles. The van der Waals surface area contributed by atoms with Gasteiger partial charge in [0.25, 0.3) is 5.91 Å². The van der Waals surface area contributed by atoms with Gasteiger partial charge in [-0.2, -0.15) is 0 Å². The lowest BCUT2D eigenvalue weighted by molar-refractivity contribution is 0.0950. The number of hydrogen-bond donors (Lipinski definition) is 0. The molecule has 0 aliphatic carbocycles. The topological polar surface area (TPSA) is 51.7 Å². The molecule has 0 aliphatic heterocycles. The zero-order valence-electron chi connectivity index (χ0n) is 12.9. The van der Waals surface area contributed by atoms with Gasteiger partial charge in [0.15, 0.2) is 0 Å². The Morgan fingerprint density at radius 1 is 1.23 bits per heavy atom. The van der Waals surface area contributed by atoms with Crippen molar-refractivity contribution in [3.05, 3.63) is 65.7 Å². The number of rotatable bonds is 2. The van der Waals surface area contributed by atoms with Crippen LogP contribution in [0.3, 0.4) is 0 Å². The molecular weight excluding hydrogens is 276 g/mol. The van der Waals surface area contributed by atoms with Crippen LogP contribution in [-0.4, -0.2) is 25.9 Å². The van der Waals surface area contributed by atoms with Gasteiger partial charge < -0.3 is 4.40 Å². The van der Waals surface area contributed by atoms with Crippen LogP contribution < -0.4 is 5.49 Å². The fraction of sp³-hybridized carbons (Fsp3) is 0.235. The lowest BCUT2D eigenvalue weighted by Gasteiger charge is -2.04. The van der Waals surface area contributed by atoms with Crippen molar-refractivity contribution in [3.63, 3.8) is 0 Å². The van der Waals surface area contributed by atoms with Gasteiger partial charge in [-0.15, -0.1) is 0 Å². The molecule has 3 heterocycles. The first-order valence-corrected chi connectivity index (χ1v) is 7.26. The van der Waals surface area contributed by atoms with E-state index < -0.39 is 0 Å². The van der Waals surface area contributed by atoms with Crippen LogP contribution in [0, 0.1) is 6.92 Å². The molecular formula is C17H18N4O. The molecule has 5 heteroatoms.